The predicted molar refractivity (Wildman–Crippen MR) is 188 cm³/mol. The highest BCUT2D eigenvalue weighted by Gasteiger charge is 2.27. The van der Waals surface area contributed by atoms with Gasteiger partial charge in [0.05, 0.1) is 36.1 Å². The third kappa shape index (κ3) is 7.69. The summed E-state index contributed by atoms with van der Waals surface area (Å²) in [7, 11) is 1.48. The smallest absolute Gasteiger partial charge is 0.296 e. The molecule has 0 bridgehead atoms. The molecule has 1 unspecified atom stereocenters. The molecular formula is C34H34N10O9. The van der Waals surface area contributed by atoms with Crippen LogP contribution in [-0.4, -0.2) is 78.9 Å². The van der Waals surface area contributed by atoms with Crippen molar-refractivity contribution in [1.82, 2.24) is 29.8 Å². The molecule has 0 saturated carbocycles. The lowest BCUT2D eigenvalue weighted by molar-refractivity contribution is -0.119. The number of ether oxygens (including phenoxy) is 2. The Balaban J connectivity index is 1.36. The molecule has 2 aromatic carbocycles. The zero-order valence-corrected chi connectivity index (χ0v) is 28.6. The fourth-order valence-electron chi connectivity index (χ4n) is 5.44. The van der Waals surface area contributed by atoms with Gasteiger partial charge in [-0.1, -0.05) is 22.5 Å². The van der Waals surface area contributed by atoms with Crippen LogP contribution in [0.1, 0.15) is 60.9 Å². The number of imidazole rings is 2. The number of amides is 4. The summed E-state index contributed by atoms with van der Waals surface area (Å²) < 4.78 is 23.0. The van der Waals surface area contributed by atoms with E-state index >= 15 is 0 Å². The van der Waals surface area contributed by atoms with Crippen molar-refractivity contribution in [3.05, 3.63) is 82.6 Å². The molecule has 1 atom stereocenters. The normalized spacial score (nSPS) is 12.0. The summed E-state index contributed by atoms with van der Waals surface area (Å²) in [5.74, 6) is -2.44. The summed E-state index contributed by atoms with van der Waals surface area (Å²) in [5, 5.41) is 22.1. The van der Waals surface area contributed by atoms with Gasteiger partial charge in [0.2, 0.25) is 35.2 Å². The molecule has 53 heavy (non-hydrogen) atoms. The van der Waals surface area contributed by atoms with Gasteiger partial charge in [0.15, 0.2) is 0 Å². The molecule has 4 amide bonds. The van der Waals surface area contributed by atoms with Crippen LogP contribution >= 0.6 is 0 Å². The van der Waals surface area contributed by atoms with E-state index in [4.69, 9.17) is 30.0 Å². The van der Waals surface area contributed by atoms with E-state index < -0.39 is 29.7 Å². The monoisotopic (exact) mass is 726 g/mol. The number of rotatable bonds is 15. The maximum absolute atomic E-state index is 13.2. The molecule has 6 aromatic rings. The highest BCUT2D eigenvalue weighted by atomic mass is 16.5. The number of primary amides is 2. The topological polar surface area (TPSA) is 282 Å². The molecule has 4 heterocycles. The molecular weight excluding hydrogens is 692 g/mol. The number of benzene rings is 2. The number of aromatic amines is 1. The number of nitrogens with one attached hydrogen (secondary N) is 3. The molecule has 0 saturated heterocycles. The summed E-state index contributed by atoms with van der Waals surface area (Å²) >= 11 is 0. The summed E-state index contributed by atoms with van der Waals surface area (Å²) in [5.41, 5.74) is 14.7. The van der Waals surface area contributed by atoms with Gasteiger partial charge in [-0.05, 0) is 50.1 Å². The molecule has 4 aromatic heterocycles. The van der Waals surface area contributed by atoms with Crippen LogP contribution in [0.15, 0.2) is 57.6 Å². The molecule has 0 aliphatic carbocycles. The molecule has 6 rings (SSSR count). The zero-order chi connectivity index (χ0) is 37.8. The number of fused-ring (bicyclic) bond motifs is 2. The Bertz CT molecular complexity index is 2390. The number of methoxy groups -OCH3 is 1. The molecule has 19 nitrogen and oxygen atoms in total. The number of carbonyl (C=O) groups is 4. The number of hydrogen-bond acceptors (Lipinski definition) is 13. The van der Waals surface area contributed by atoms with Gasteiger partial charge in [-0.25, -0.2) is 9.97 Å². The van der Waals surface area contributed by atoms with Crippen LogP contribution in [0.4, 0.5) is 11.9 Å². The summed E-state index contributed by atoms with van der Waals surface area (Å²) in [6.07, 6.45) is 3.71. The Hall–Kier alpha value is -7.02. The van der Waals surface area contributed by atoms with Gasteiger partial charge < -0.3 is 40.1 Å². The van der Waals surface area contributed by atoms with Crippen LogP contribution in [-0.2, 0) is 11.2 Å². The van der Waals surface area contributed by atoms with Crippen molar-refractivity contribution >= 4 is 57.6 Å². The maximum Gasteiger partial charge on any atom is 0.296 e. The maximum atomic E-state index is 13.2. The Morgan fingerprint density at radius 2 is 1.66 bits per heavy atom. The van der Waals surface area contributed by atoms with Gasteiger partial charge in [0.25, 0.3) is 11.8 Å². The Labute approximate surface area is 299 Å². The number of nitrogens with zero attached hydrogens (tertiary/aromatic N) is 5. The van der Waals surface area contributed by atoms with E-state index in [1.54, 1.807) is 32.1 Å². The van der Waals surface area contributed by atoms with Gasteiger partial charge in [0.1, 0.15) is 28.6 Å². The summed E-state index contributed by atoms with van der Waals surface area (Å²) in [4.78, 5) is 63.2. The van der Waals surface area contributed by atoms with Crippen molar-refractivity contribution in [2.45, 2.75) is 32.7 Å². The minimum Gasteiger partial charge on any atom is -0.494 e. The summed E-state index contributed by atoms with van der Waals surface area (Å²) in [6, 6.07) is 7.95. The Morgan fingerprint density at radius 1 is 0.962 bits per heavy atom. The zero-order valence-electron chi connectivity index (χ0n) is 28.6. The first-order valence-corrected chi connectivity index (χ1v) is 16.1. The first-order valence-electron chi connectivity index (χ1n) is 16.1. The minimum absolute atomic E-state index is 0.0170. The van der Waals surface area contributed by atoms with Gasteiger partial charge in [0, 0.05) is 30.7 Å². The lowest BCUT2D eigenvalue weighted by Gasteiger charge is -2.18. The summed E-state index contributed by atoms with van der Waals surface area (Å²) in [6.45, 7) is 3.20. The van der Waals surface area contributed by atoms with Crippen molar-refractivity contribution < 1.29 is 42.8 Å². The predicted octanol–water partition coefficient (Wildman–Crippen LogP) is 2.70. The Morgan fingerprint density at radius 3 is 2.26 bits per heavy atom. The molecule has 0 fully saturated rings. The SMILES string of the molecule is COc1cc(C/C=C/C(C(N)=O)n2c(NC(=O)c3cc(C)no3)nc3cc(C(N)=O)cc(OCCCO)c32)cc2[nH]c(NC(=O)c3cc(C)no3)nc12. The standard InChI is InChI=1S/C34H34N10O9/c1-16-10-25(52-42-16)31(48)40-33-37-20-12-18(13-23(50-3)27(20)39-33)6-4-7-22(30(36)47)44-28-21(14-19(29(35)46)15-24(28)51-9-5-8-45)38-34(44)41-32(49)26-11-17(2)43-53-26/h4,7,10-15,22,45H,5-6,8-9H2,1-3H3,(H2,35,46)(H2,36,47)(H,38,41,49)(H2,37,39,40,48)/b7-4+. The largest absolute Gasteiger partial charge is 0.494 e. The number of nitrogens with two attached hydrogens (primary N) is 2. The van der Waals surface area contributed by atoms with Gasteiger partial charge in [-0.2, -0.15) is 0 Å². The van der Waals surface area contributed by atoms with Crippen LogP contribution < -0.4 is 31.6 Å². The van der Waals surface area contributed by atoms with Crippen LogP contribution in [0.5, 0.6) is 11.5 Å². The second-order valence-corrected chi connectivity index (χ2v) is 11.8. The van der Waals surface area contributed by atoms with Crippen molar-refractivity contribution in [2.24, 2.45) is 11.5 Å². The van der Waals surface area contributed by atoms with Crippen LogP contribution in [0.25, 0.3) is 22.1 Å². The second-order valence-electron chi connectivity index (χ2n) is 11.8. The fourth-order valence-corrected chi connectivity index (χ4v) is 5.44. The second kappa shape index (κ2) is 15.1. The number of anilines is 2. The quantitative estimate of drug-likeness (QED) is 0.0656. The minimum atomic E-state index is -1.26. The first kappa shape index (κ1) is 35.8. The molecule has 0 spiro atoms. The van der Waals surface area contributed by atoms with Gasteiger partial charge >= 0.3 is 0 Å². The average Bonchev–Trinajstić information content (AvgIpc) is 3.92. The van der Waals surface area contributed by atoms with Crippen LogP contribution in [0.2, 0.25) is 0 Å². The van der Waals surface area contributed by atoms with Gasteiger partial charge in [-0.3, -0.25) is 34.4 Å². The Kier molecular flexibility index (Phi) is 10.2. The highest BCUT2D eigenvalue weighted by Crippen LogP contribution is 2.35. The van der Waals surface area contributed by atoms with E-state index in [0.717, 1.165) is 5.56 Å². The number of allylic oxidation sites excluding steroid dienone is 1. The third-order valence-corrected chi connectivity index (χ3v) is 7.83. The van der Waals surface area contributed by atoms with Crippen LogP contribution in [0.3, 0.4) is 0 Å². The number of aliphatic hydroxyl groups is 1. The van der Waals surface area contributed by atoms with E-state index in [2.05, 4.69) is 35.9 Å². The van der Waals surface area contributed by atoms with Crippen LogP contribution in [0, 0.1) is 13.8 Å². The average molecular weight is 727 g/mol. The molecule has 19 heteroatoms. The van der Waals surface area contributed by atoms with E-state index in [1.165, 1.54) is 42.0 Å². The van der Waals surface area contributed by atoms with E-state index in [1.807, 2.05) is 0 Å². The molecule has 8 N–H and O–H groups in total. The van der Waals surface area contributed by atoms with Gasteiger partial charge in [-0.15, -0.1) is 0 Å². The van der Waals surface area contributed by atoms with Crippen molar-refractivity contribution in [3.63, 3.8) is 0 Å². The molecule has 0 radical (unpaired) electrons. The molecule has 274 valence electrons. The van der Waals surface area contributed by atoms with Crippen molar-refractivity contribution in [3.8, 4) is 11.5 Å². The number of aryl methyl sites for hydroxylation is 2. The highest BCUT2D eigenvalue weighted by molar-refractivity contribution is 6.04. The number of H-pyrrole nitrogens is 1. The van der Waals surface area contributed by atoms with Crippen molar-refractivity contribution in [2.75, 3.05) is 31.0 Å². The number of aliphatic hydroxyl groups excluding tert-OH is 1. The fraction of sp³-hybridized carbons (Fsp3) is 0.235. The number of aromatic nitrogens is 6. The third-order valence-electron chi connectivity index (χ3n) is 7.83. The number of carbonyl (C=O) groups excluding carboxylic acids is 4. The van der Waals surface area contributed by atoms with Crippen molar-refractivity contribution in [1.29, 1.82) is 0 Å². The number of hydrogen-bond donors (Lipinski definition) is 6. The molecule has 0 aliphatic heterocycles. The first-order chi connectivity index (χ1) is 25.4. The molecule has 0 aliphatic rings. The van der Waals surface area contributed by atoms with E-state index in [-0.39, 0.29) is 71.8 Å². The van der Waals surface area contributed by atoms with E-state index in [0.29, 0.717) is 28.2 Å². The van der Waals surface area contributed by atoms with E-state index in [9.17, 15) is 24.3 Å². The lowest BCUT2D eigenvalue weighted by atomic mass is 10.1. The lowest BCUT2D eigenvalue weighted by Crippen LogP contribution is -2.27.